The molecule has 0 fully saturated rings. The molecule has 2 heteroatoms. The van der Waals surface area contributed by atoms with E-state index in [0.717, 1.165) is 17.7 Å². The molecule has 0 aliphatic carbocycles. The van der Waals surface area contributed by atoms with Gasteiger partial charge >= 0.3 is 0 Å². The number of rotatable bonds is 8. The van der Waals surface area contributed by atoms with Crippen LogP contribution in [0.1, 0.15) is 34.7 Å². The molecular formula is C25H25NO. The van der Waals surface area contributed by atoms with Crippen LogP contribution in [0, 0.1) is 6.92 Å². The van der Waals surface area contributed by atoms with Crippen molar-refractivity contribution in [2.45, 2.75) is 25.9 Å². The second kappa shape index (κ2) is 9.65. The molecule has 1 unspecified atom stereocenters. The molecule has 0 heterocycles. The van der Waals surface area contributed by atoms with Gasteiger partial charge < -0.3 is 5.32 Å². The Kier molecular flexibility index (Phi) is 6.72. The van der Waals surface area contributed by atoms with Gasteiger partial charge in [-0.1, -0.05) is 96.6 Å². The minimum absolute atomic E-state index is 0.0157. The van der Waals surface area contributed by atoms with Crippen molar-refractivity contribution in [3.63, 3.8) is 0 Å². The van der Waals surface area contributed by atoms with Gasteiger partial charge in [0.05, 0.1) is 0 Å². The van der Waals surface area contributed by atoms with Crippen LogP contribution < -0.4 is 5.32 Å². The van der Waals surface area contributed by atoms with Crippen LogP contribution in [0.25, 0.3) is 6.08 Å². The zero-order valence-electron chi connectivity index (χ0n) is 15.6. The number of hydrogen-bond acceptors (Lipinski definition) is 2. The number of aryl methyl sites for hydroxylation is 1. The van der Waals surface area contributed by atoms with Crippen LogP contribution >= 0.6 is 0 Å². The van der Waals surface area contributed by atoms with Crippen LogP contribution in [0.4, 0.5) is 0 Å². The largest absolute Gasteiger partial charge is 0.305 e. The van der Waals surface area contributed by atoms with Crippen LogP contribution in [0.3, 0.4) is 0 Å². The van der Waals surface area contributed by atoms with Crippen molar-refractivity contribution in [3.05, 3.63) is 113 Å². The summed E-state index contributed by atoms with van der Waals surface area (Å²) in [6.45, 7) is 2.81. The molecule has 0 amide bonds. The topological polar surface area (TPSA) is 29.1 Å². The van der Waals surface area contributed by atoms with E-state index in [0.29, 0.717) is 6.42 Å². The molecule has 1 N–H and O–H groups in total. The van der Waals surface area contributed by atoms with Gasteiger partial charge in [-0.05, 0) is 29.7 Å². The van der Waals surface area contributed by atoms with Gasteiger partial charge in [-0.3, -0.25) is 4.79 Å². The molecule has 0 radical (unpaired) electrons. The van der Waals surface area contributed by atoms with Crippen molar-refractivity contribution in [3.8, 4) is 0 Å². The fourth-order valence-corrected chi connectivity index (χ4v) is 3.05. The molecule has 136 valence electrons. The first kappa shape index (κ1) is 18.8. The van der Waals surface area contributed by atoms with E-state index >= 15 is 0 Å². The molecule has 0 aliphatic rings. The van der Waals surface area contributed by atoms with Crippen LogP contribution in [0.15, 0.2) is 91.0 Å². The van der Waals surface area contributed by atoms with Crippen LogP contribution in [0.5, 0.6) is 0 Å². The Morgan fingerprint density at radius 1 is 0.926 bits per heavy atom. The van der Waals surface area contributed by atoms with Crippen LogP contribution in [-0.2, 0) is 11.3 Å². The third-order valence-electron chi connectivity index (χ3n) is 4.51. The van der Waals surface area contributed by atoms with E-state index in [-0.39, 0.29) is 11.8 Å². The number of allylic oxidation sites excluding steroid dienone is 1. The molecule has 1 atom stereocenters. The van der Waals surface area contributed by atoms with Gasteiger partial charge in [0.1, 0.15) is 0 Å². The molecule has 3 aromatic carbocycles. The zero-order chi connectivity index (χ0) is 18.9. The summed E-state index contributed by atoms with van der Waals surface area (Å²) in [5.74, 6) is 0.117. The first-order chi connectivity index (χ1) is 13.2. The van der Waals surface area contributed by atoms with E-state index in [4.69, 9.17) is 0 Å². The summed E-state index contributed by atoms with van der Waals surface area (Å²) in [5, 5.41) is 3.55. The Morgan fingerprint density at radius 2 is 1.63 bits per heavy atom. The fourth-order valence-electron chi connectivity index (χ4n) is 3.05. The van der Waals surface area contributed by atoms with E-state index in [2.05, 4.69) is 42.6 Å². The quantitative estimate of drug-likeness (QED) is 0.541. The molecule has 3 aromatic rings. The number of benzene rings is 3. The number of carbonyl (C=O) groups is 1. The molecule has 3 rings (SSSR count). The Hall–Kier alpha value is -2.97. The number of ketones is 1. The summed E-state index contributed by atoms with van der Waals surface area (Å²) in [6, 6.07) is 28.5. The molecular weight excluding hydrogens is 330 g/mol. The van der Waals surface area contributed by atoms with Crippen molar-refractivity contribution in [1.29, 1.82) is 0 Å². The average molecular weight is 355 g/mol. The normalized spacial score (nSPS) is 12.2. The minimum Gasteiger partial charge on any atom is -0.305 e. The molecule has 0 bridgehead atoms. The van der Waals surface area contributed by atoms with Gasteiger partial charge in [0, 0.05) is 19.0 Å². The highest BCUT2D eigenvalue weighted by Gasteiger charge is 2.14. The highest BCUT2D eigenvalue weighted by atomic mass is 16.1. The summed E-state index contributed by atoms with van der Waals surface area (Å²) < 4.78 is 0. The second-order valence-corrected chi connectivity index (χ2v) is 6.75. The molecule has 0 saturated carbocycles. The van der Waals surface area contributed by atoms with Crippen molar-refractivity contribution in [1.82, 2.24) is 5.32 Å². The second-order valence-electron chi connectivity index (χ2n) is 6.75. The maximum atomic E-state index is 12.6. The lowest BCUT2D eigenvalue weighted by Gasteiger charge is -2.19. The van der Waals surface area contributed by atoms with E-state index in [1.165, 1.54) is 11.1 Å². The number of carbonyl (C=O) groups excluding carboxylic acids is 1. The van der Waals surface area contributed by atoms with Gasteiger partial charge in [-0.2, -0.15) is 0 Å². The predicted molar refractivity (Wildman–Crippen MR) is 112 cm³/mol. The summed E-state index contributed by atoms with van der Waals surface area (Å²) in [4.78, 5) is 12.6. The van der Waals surface area contributed by atoms with E-state index < -0.39 is 0 Å². The first-order valence-electron chi connectivity index (χ1n) is 9.30. The van der Waals surface area contributed by atoms with Gasteiger partial charge in [0.25, 0.3) is 0 Å². The van der Waals surface area contributed by atoms with Gasteiger partial charge in [0.15, 0.2) is 5.78 Å². The Labute approximate surface area is 161 Å². The molecule has 27 heavy (non-hydrogen) atoms. The monoisotopic (exact) mass is 355 g/mol. The Morgan fingerprint density at radius 3 is 2.33 bits per heavy atom. The van der Waals surface area contributed by atoms with Gasteiger partial charge in [0.2, 0.25) is 0 Å². The Balaban J connectivity index is 1.71. The van der Waals surface area contributed by atoms with Crippen LogP contribution in [-0.4, -0.2) is 5.78 Å². The van der Waals surface area contributed by atoms with E-state index in [9.17, 15) is 4.79 Å². The van der Waals surface area contributed by atoms with Crippen molar-refractivity contribution >= 4 is 11.9 Å². The molecule has 2 nitrogen and oxygen atoms in total. The van der Waals surface area contributed by atoms with E-state index in [1.54, 1.807) is 6.08 Å². The molecule has 0 aliphatic heterocycles. The standard InChI is InChI=1S/C25H25NO/c1-20-9-8-14-23(17-20)25(26-19-22-12-6-3-7-13-22)18-24(27)16-15-21-10-4-2-5-11-21/h2-17,25-26H,18-19H2,1H3/b16-15+. The zero-order valence-corrected chi connectivity index (χ0v) is 15.6. The molecule has 0 spiro atoms. The SMILES string of the molecule is Cc1cccc(C(CC(=O)/C=C/c2ccccc2)NCc2ccccc2)c1. The smallest absolute Gasteiger partial charge is 0.157 e. The molecule has 0 saturated heterocycles. The third kappa shape index (κ3) is 6.05. The average Bonchev–Trinajstić information content (AvgIpc) is 2.71. The summed E-state index contributed by atoms with van der Waals surface area (Å²) in [7, 11) is 0. The maximum Gasteiger partial charge on any atom is 0.157 e. The number of hydrogen-bond donors (Lipinski definition) is 1. The third-order valence-corrected chi connectivity index (χ3v) is 4.51. The van der Waals surface area contributed by atoms with E-state index in [1.807, 2.05) is 60.7 Å². The van der Waals surface area contributed by atoms with Gasteiger partial charge in [-0.15, -0.1) is 0 Å². The summed E-state index contributed by atoms with van der Waals surface area (Å²) in [5.41, 5.74) is 4.59. The summed E-state index contributed by atoms with van der Waals surface area (Å²) in [6.07, 6.45) is 3.99. The number of nitrogens with one attached hydrogen (secondary N) is 1. The van der Waals surface area contributed by atoms with Crippen molar-refractivity contribution in [2.75, 3.05) is 0 Å². The fraction of sp³-hybridized carbons (Fsp3) is 0.160. The summed E-state index contributed by atoms with van der Waals surface area (Å²) >= 11 is 0. The lowest BCUT2D eigenvalue weighted by molar-refractivity contribution is -0.115. The lowest BCUT2D eigenvalue weighted by Crippen LogP contribution is -2.23. The highest BCUT2D eigenvalue weighted by Crippen LogP contribution is 2.20. The van der Waals surface area contributed by atoms with Crippen molar-refractivity contribution < 1.29 is 4.79 Å². The van der Waals surface area contributed by atoms with Gasteiger partial charge in [-0.25, -0.2) is 0 Å². The van der Waals surface area contributed by atoms with Crippen molar-refractivity contribution in [2.24, 2.45) is 0 Å². The minimum atomic E-state index is -0.0157. The lowest BCUT2D eigenvalue weighted by atomic mass is 9.98. The maximum absolute atomic E-state index is 12.6. The Bertz CT molecular complexity index is 884. The predicted octanol–water partition coefficient (Wildman–Crippen LogP) is 5.50. The van der Waals surface area contributed by atoms with Crippen LogP contribution in [0.2, 0.25) is 0 Å². The molecule has 0 aromatic heterocycles. The first-order valence-corrected chi connectivity index (χ1v) is 9.30. The highest BCUT2D eigenvalue weighted by molar-refractivity contribution is 5.94.